The number of benzene rings is 3. The van der Waals surface area contributed by atoms with E-state index in [0.29, 0.717) is 35.9 Å². The minimum Gasteiger partial charge on any atom is -0.493 e. The summed E-state index contributed by atoms with van der Waals surface area (Å²) in [7, 11) is 0. The molecule has 0 bridgehead atoms. The summed E-state index contributed by atoms with van der Waals surface area (Å²) in [4.78, 5) is 17.0. The maximum atomic E-state index is 15.7. The number of carboxylic acid groups (broad SMARTS) is 1. The molecule has 2 heterocycles. The maximum Gasteiger partial charge on any atom is 0.337 e. The van der Waals surface area contributed by atoms with Crippen molar-refractivity contribution < 1.29 is 32.5 Å². The second-order valence-corrected chi connectivity index (χ2v) is 9.89. The number of hydrogen-bond acceptors (Lipinski definition) is 4. The van der Waals surface area contributed by atoms with E-state index in [0.717, 1.165) is 17.0 Å². The van der Waals surface area contributed by atoms with E-state index in [-0.39, 0.29) is 22.1 Å². The van der Waals surface area contributed by atoms with Gasteiger partial charge in [-0.25, -0.2) is 18.0 Å². The molecule has 3 aromatic carbocycles. The number of carbonyl (C=O) groups is 1. The van der Waals surface area contributed by atoms with E-state index in [1.165, 1.54) is 6.92 Å². The van der Waals surface area contributed by atoms with Crippen molar-refractivity contribution in [3.8, 4) is 16.9 Å². The summed E-state index contributed by atoms with van der Waals surface area (Å²) < 4.78 is 56.9. The predicted molar refractivity (Wildman–Crippen MR) is 130 cm³/mol. The minimum absolute atomic E-state index is 0.0216. The molecule has 36 heavy (non-hydrogen) atoms. The normalized spacial score (nSPS) is 14.2. The Kier molecular flexibility index (Phi) is 5.67. The molecule has 1 N–H and O–H groups in total. The van der Waals surface area contributed by atoms with Gasteiger partial charge in [0, 0.05) is 35.2 Å². The molecular formula is C28H24F3NO4. The zero-order chi connectivity index (χ0) is 25.9. The molecule has 1 aromatic heterocycles. The first-order valence-electron chi connectivity index (χ1n) is 11.5. The third kappa shape index (κ3) is 3.86. The Morgan fingerprint density at radius 3 is 2.58 bits per heavy atom. The Morgan fingerprint density at radius 1 is 1.14 bits per heavy atom. The summed E-state index contributed by atoms with van der Waals surface area (Å²) in [6.45, 7) is 6.90. The number of hydrogen-bond donors (Lipinski definition) is 1. The standard InChI is InChI=1S/C28H24F3NO4/c1-13-20(26(27(33)34)36-28(2,3)4)22(17-11-15(29)12-18(30)23(17)24(13)31)16-5-6-19-21-14(8-10-35-19)7-9-32-25(16)21/h5-7,9,11-12,26H,8,10H2,1-4H3,(H,33,34)/t26-/m1/s1. The molecule has 1 aliphatic rings. The van der Waals surface area contributed by atoms with Gasteiger partial charge in [-0.05, 0) is 74.0 Å². The Balaban J connectivity index is 1.99. The van der Waals surface area contributed by atoms with Crippen LogP contribution in [0.1, 0.15) is 43.6 Å². The highest BCUT2D eigenvalue weighted by Gasteiger charge is 2.35. The Morgan fingerprint density at radius 2 is 1.89 bits per heavy atom. The summed E-state index contributed by atoms with van der Waals surface area (Å²) in [6, 6.07) is 6.87. The zero-order valence-electron chi connectivity index (χ0n) is 20.2. The van der Waals surface area contributed by atoms with Crippen LogP contribution in [0.4, 0.5) is 13.2 Å². The Labute approximate surface area is 205 Å². The van der Waals surface area contributed by atoms with Crippen LogP contribution < -0.4 is 4.74 Å². The van der Waals surface area contributed by atoms with E-state index in [2.05, 4.69) is 4.98 Å². The van der Waals surface area contributed by atoms with E-state index >= 15 is 4.39 Å². The van der Waals surface area contributed by atoms with Gasteiger partial charge in [-0.3, -0.25) is 4.98 Å². The number of aromatic nitrogens is 1. The summed E-state index contributed by atoms with van der Waals surface area (Å²) >= 11 is 0. The largest absolute Gasteiger partial charge is 0.493 e. The number of fused-ring (bicyclic) bond motifs is 1. The van der Waals surface area contributed by atoms with Crippen LogP contribution in [0.15, 0.2) is 36.5 Å². The topological polar surface area (TPSA) is 68.7 Å². The van der Waals surface area contributed by atoms with Crippen molar-refractivity contribution in [2.75, 3.05) is 6.61 Å². The lowest BCUT2D eigenvalue weighted by molar-refractivity contribution is -0.160. The third-order valence-corrected chi connectivity index (χ3v) is 6.34. The monoisotopic (exact) mass is 495 g/mol. The summed E-state index contributed by atoms with van der Waals surface area (Å²) in [5.41, 5.74) is 0.952. The molecule has 0 fully saturated rings. The van der Waals surface area contributed by atoms with Gasteiger partial charge in [0.25, 0.3) is 0 Å². The van der Waals surface area contributed by atoms with Crippen molar-refractivity contribution in [1.82, 2.24) is 4.98 Å². The van der Waals surface area contributed by atoms with Crippen LogP contribution in [0.3, 0.4) is 0 Å². The SMILES string of the molecule is Cc1c([C@@H](OC(C)(C)C)C(=O)O)c(-c2ccc3c4c(ccnc24)CCO3)c2cc(F)cc(F)c2c1F. The molecule has 8 heteroatoms. The molecule has 0 saturated heterocycles. The summed E-state index contributed by atoms with van der Waals surface area (Å²) in [5, 5.41) is 10.4. The number of ether oxygens (including phenoxy) is 2. The van der Waals surface area contributed by atoms with E-state index in [1.54, 1.807) is 39.1 Å². The zero-order valence-corrected chi connectivity index (χ0v) is 20.2. The van der Waals surface area contributed by atoms with Gasteiger partial charge in [-0.15, -0.1) is 0 Å². The molecule has 1 atom stereocenters. The minimum atomic E-state index is -1.62. The van der Waals surface area contributed by atoms with Crippen LogP contribution in [0.2, 0.25) is 0 Å². The fourth-order valence-corrected chi connectivity index (χ4v) is 4.94. The number of aliphatic carboxylic acids is 1. The molecule has 0 unspecified atom stereocenters. The van der Waals surface area contributed by atoms with E-state index < -0.39 is 40.5 Å². The number of rotatable bonds is 4. The number of pyridine rings is 1. The van der Waals surface area contributed by atoms with Gasteiger partial charge >= 0.3 is 5.97 Å². The van der Waals surface area contributed by atoms with Gasteiger partial charge in [0.05, 0.1) is 23.1 Å². The lowest BCUT2D eigenvalue weighted by atomic mass is 9.85. The summed E-state index contributed by atoms with van der Waals surface area (Å²) in [6.07, 6.45) is 0.641. The van der Waals surface area contributed by atoms with Gasteiger partial charge in [0.2, 0.25) is 0 Å². The molecule has 0 saturated carbocycles. The molecule has 5 nitrogen and oxygen atoms in total. The number of nitrogens with zero attached hydrogens (tertiary/aromatic N) is 1. The molecule has 0 spiro atoms. The molecule has 0 radical (unpaired) electrons. The second kappa shape index (κ2) is 8.48. The van der Waals surface area contributed by atoms with E-state index in [4.69, 9.17) is 9.47 Å². The summed E-state index contributed by atoms with van der Waals surface area (Å²) in [5.74, 6) is -3.72. The van der Waals surface area contributed by atoms with Gasteiger partial charge < -0.3 is 14.6 Å². The highest BCUT2D eigenvalue weighted by atomic mass is 19.1. The molecule has 186 valence electrons. The first-order valence-corrected chi connectivity index (χ1v) is 11.5. The molecule has 5 rings (SSSR count). The average Bonchev–Trinajstić information content (AvgIpc) is 2.80. The van der Waals surface area contributed by atoms with Gasteiger partial charge in [-0.1, -0.05) is 0 Å². The number of halogens is 3. The molecular weight excluding hydrogens is 471 g/mol. The molecule has 1 aliphatic heterocycles. The van der Waals surface area contributed by atoms with E-state index in [9.17, 15) is 18.7 Å². The van der Waals surface area contributed by atoms with Gasteiger partial charge in [-0.2, -0.15) is 0 Å². The third-order valence-electron chi connectivity index (χ3n) is 6.34. The van der Waals surface area contributed by atoms with Crippen LogP contribution >= 0.6 is 0 Å². The van der Waals surface area contributed by atoms with Crippen molar-refractivity contribution >= 4 is 27.6 Å². The Hall–Kier alpha value is -3.65. The molecule has 4 aromatic rings. The first kappa shape index (κ1) is 24.1. The van der Waals surface area contributed by atoms with Crippen LogP contribution in [0.5, 0.6) is 5.75 Å². The lowest BCUT2D eigenvalue weighted by Gasteiger charge is -2.29. The van der Waals surface area contributed by atoms with Gasteiger partial charge in [0.15, 0.2) is 6.10 Å². The van der Waals surface area contributed by atoms with Crippen molar-refractivity contribution in [3.63, 3.8) is 0 Å². The Bertz CT molecular complexity index is 1550. The van der Waals surface area contributed by atoms with Crippen LogP contribution in [0, 0.1) is 24.4 Å². The van der Waals surface area contributed by atoms with Crippen LogP contribution in [-0.2, 0) is 16.0 Å². The fraction of sp³-hybridized carbons (Fsp3) is 0.286. The smallest absolute Gasteiger partial charge is 0.337 e. The van der Waals surface area contributed by atoms with Crippen LogP contribution in [0.25, 0.3) is 32.8 Å². The average molecular weight is 495 g/mol. The van der Waals surface area contributed by atoms with Crippen molar-refractivity contribution in [1.29, 1.82) is 0 Å². The lowest BCUT2D eigenvalue weighted by Crippen LogP contribution is -2.28. The fourth-order valence-electron chi connectivity index (χ4n) is 4.94. The molecule has 0 amide bonds. The quantitative estimate of drug-likeness (QED) is 0.343. The van der Waals surface area contributed by atoms with Crippen molar-refractivity contribution in [2.24, 2.45) is 0 Å². The predicted octanol–water partition coefficient (Wildman–Crippen LogP) is 6.66. The first-order chi connectivity index (χ1) is 17.0. The highest BCUT2D eigenvalue weighted by Crippen LogP contribution is 2.46. The van der Waals surface area contributed by atoms with Crippen molar-refractivity contribution in [3.05, 3.63) is 70.7 Å². The highest BCUT2D eigenvalue weighted by molar-refractivity contribution is 6.09. The second-order valence-electron chi connectivity index (χ2n) is 9.89. The van der Waals surface area contributed by atoms with E-state index in [1.807, 2.05) is 6.07 Å². The van der Waals surface area contributed by atoms with Gasteiger partial charge in [0.1, 0.15) is 23.2 Å². The maximum absolute atomic E-state index is 15.7. The molecule has 0 aliphatic carbocycles. The van der Waals surface area contributed by atoms with Crippen molar-refractivity contribution in [2.45, 2.75) is 45.8 Å². The number of carboxylic acids is 1. The van der Waals surface area contributed by atoms with Crippen LogP contribution in [-0.4, -0.2) is 28.3 Å².